The largest absolute Gasteiger partial charge is 0.463 e. The predicted octanol–water partition coefficient (Wildman–Crippen LogP) is 10.2. The van der Waals surface area contributed by atoms with Gasteiger partial charge in [-0.2, -0.15) is 0 Å². The van der Waals surface area contributed by atoms with E-state index in [1.54, 1.807) is 68.4 Å². The quantitative estimate of drug-likeness (QED) is 0.0504. The summed E-state index contributed by atoms with van der Waals surface area (Å²) in [4.78, 5) is 62.7. The molecule has 0 bridgehead atoms. The van der Waals surface area contributed by atoms with Crippen LogP contribution in [0.4, 0.5) is 9.59 Å². The van der Waals surface area contributed by atoms with Crippen LogP contribution < -0.4 is 15.9 Å². The van der Waals surface area contributed by atoms with E-state index in [-0.39, 0.29) is 31.4 Å². The molecule has 0 spiro atoms. The number of benzene rings is 3. The molecule has 0 N–H and O–H groups in total. The Labute approximate surface area is 415 Å². The number of esters is 2. The molecule has 378 valence electrons. The predicted molar refractivity (Wildman–Crippen MR) is 276 cm³/mol. The van der Waals surface area contributed by atoms with Crippen molar-refractivity contribution in [2.24, 2.45) is 0 Å². The van der Waals surface area contributed by atoms with Gasteiger partial charge >= 0.3 is 24.1 Å². The summed E-state index contributed by atoms with van der Waals surface area (Å²) in [6.45, 7) is 23.9. The summed E-state index contributed by atoms with van der Waals surface area (Å²) in [5.74, 6) is -0.617. The van der Waals surface area contributed by atoms with Crippen LogP contribution >= 0.6 is 30.1 Å². The Morgan fingerprint density at radius 3 is 1.29 bits per heavy atom. The second-order valence-electron chi connectivity index (χ2n) is 18.1. The molecule has 5 rings (SSSR count). The van der Waals surface area contributed by atoms with E-state index < -0.39 is 53.7 Å². The van der Waals surface area contributed by atoms with Crippen molar-refractivity contribution < 1.29 is 52.4 Å². The Balaban J connectivity index is 0.000000504. The lowest BCUT2D eigenvalue weighted by molar-refractivity contribution is -0.138. The number of hydrogen-bond acceptors (Lipinski definition) is 11. The lowest BCUT2D eigenvalue weighted by Crippen LogP contribution is -2.50. The minimum Gasteiger partial charge on any atom is -0.463 e. The summed E-state index contributed by atoms with van der Waals surface area (Å²) in [6.07, 6.45) is 1.41. The number of rotatable bonds is 9. The number of nitrogens with zero attached hydrogens (tertiary/aromatic N) is 2. The molecule has 2 amide bonds. The van der Waals surface area contributed by atoms with Crippen molar-refractivity contribution in [3.05, 3.63) is 103 Å². The normalized spacial score (nSPS) is 17.2. The van der Waals surface area contributed by atoms with Crippen molar-refractivity contribution in [2.45, 2.75) is 139 Å². The molecule has 0 radical (unpaired) electrons. The van der Waals surface area contributed by atoms with Gasteiger partial charge in [0.25, 0.3) is 0 Å². The first-order chi connectivity index (χ1) is 31.3. The van der Waals surface area contributed by atoms with E-state index in [9.17, 15) is 24.0 Å². The average molecular weight is 1010 g/mol. The minimum atomic E-state index is -2.29. The molecule has 0 unspecified atom stereocenters. The summed E-state index contributed by atoms with van der Waals surface area (Å²) < 4.78 is 32.1. The molecule has 2 aliphatic heterocycles. The van der Waals surface area contributed by atoms with Crippen molar-refractivity contribution in [3.63, 3.8) is 0 Å². The van der Waals surface area contributed by atoms with Crippen LogP contribution in [0.25, 0.3) is 0 Å². The Hall–Kier alpha value is -4.65. The van der Waals surface area contributed by atoms with Crippen LogP contribution in [0.3, 0.4) is 0 Å². The number of alkyl halides is 2. The second kappa shape index (κ2) is 27.5. The zero-order valence-corrected chi connectivity index (χ0v) is 44.0. The zero-order chi connectivity index (χ0) is 50.8. The number of carbonyl (C=O) groups is 5. The number of ether oxygens (including phenoxy) is 6. The molecule has 0 aliphatic carbocycles. The molecule has 13 nitrogen and oxygen atoms in total. The van der Waals surface area contributed by atoms with E-state index in [1.807, 2.05) is 89.2 Å². The molecule has 3 aromatic carbocycles. The molecule has 3 aromatic rings. The van der Waals surface area contributed by atoms with Crippen molar-refractivity contribution >= 4 is 81.7 Å². The fraction of sp³-hybridized carbons (Fsp3) is 0.500. The fourth-order valence-electron chi connectivity index (χ4n) is 7.18. The summed E-state index contributed by atoms with van der Waals surface area (Å²) >= 11 is 9.53. The minimum absolute atomic E-state index is 0. The molecule has 16 heteroatoms. The summed E-state index contributed by atoms with van der Waals surface area (Å²) in [5, 5.41) is 4.43. The highest BCUT2D eigenvalue weighted by atomic mass is 35.5. The van der Waals surface area contributed by atoms with Gasteiger partial charge in [0.15, 0.2) is 0 Å². The van der Waals surface area contributed by atoms with Gasteiger partial charge in [-0.3, -0.25) is 9.80 Å². The second-order valence-corrected chi connectivity index (χ2v) is 22.5. The van der Waals surface area contributed by atoms with E-state index in [0.29, 0.717) is 31.7 Å². The van der Waals surface area contributed by atoms with E-state index in [0.717, 1.165) is 21.2 Å². The molecular weight excluding hydrogens is 930 g/mol. The highest BCUT2D eigenvalue weighted by Crippen LogP contribution is 2.46. The first kappa shape index (κ1) is 61.4. The Bertz CT molecular complexity index is 2050. The monoisotopic (exact) mass is 1000 g/mol. The number of amides is 2. The summed E-state index contributed by atoms with van der Waals surface area (Å²) in [6, 6.07) is 30.0. The third-order valence-corrected chi connectivity index (χ3v) is 14.3. The summed E-state index contributed by atoms with van der Waals surface area (Å²) in [5.41, 5.74) is -2.32. The highest BCUT2D eigenvalue weighted by Gasteiger charge is 2.46. The number of hydrogen-bond donors (Lipinski definition) is 0. The molecule has 2 heterocycles. The standard InChI is InChI=1S/C23H23O2P.C16H27NO5.C11H19NO4.CH2Cl2.CH4/c1-3-25-23(24)19(2)26(20-13-7-4-8-14-20,21-15-9-5-10-16-21)22-17-11-6-12-18-22;1-8-20-13(18)11(2)9-12-10-21-16(6,7)17(12)14(19)22-15(3,4)5;1-10(2,3)16-9(14)12-8(6-13)7-15-11(12,4)5;2-1-3;/h4-18H,3H2,1-2H3;9,12H,8,10H2,1-7H3;6,8H,7H2,1-5H3;1H2;1H4/b;11-9+;;;/t;12-;8-;;/m.01../s1. The molecule has 0 saturated carbocycles. The van der Waals surface area contributed by atoms with Gasteiger partial charge in [-0.05, 0) is 126 Å². The van der Waals surface area contributed by atoms with Crippen molar-refractivity contribution in [1.82, 2.24) is 9.80 Å². The maximum absolute atomic E-state index is 12.9. The average Bonchev–Trinajstić information content (AvgIpc) is 3.74. The zero-order valence-electron chi connectivity index (χ0n) is 41.6. The molecule has 2 aliphatic rings. The number of halogens is 2. The first-order valence-electron chi connectivity index (χ1n) is 22.1. The Morgan fingerprint density at radius 2 is 0.971 bits per heavy atom. The lowest BCUT2D eigenvalue weighted by Gasteiger charge is -2.34. The molecular formula is C52H75Cl2N2O11P. The molecule has 2 fully saturated rings. The number of aldehydes is 1. The van der Waals surface area contributed by atoms with Gasteiger partial charge in [-0.15, -0.1) is 23.2 Å². The molecule has 68 heavy (non-hydrogen) atoms. The van der Waals surface area contributed by atoms with Gasteiger partial charge in [0, 0.05) is 10.9 Å². The van der Waals surface area contributed by atoms with Crippen molar-refractivity contribution in [3.8, 4) is 0 Å². The van der Waals surface area contributed by atoms with Gasteiger partial charge in [-0.1, -0.05) is 98.4 Å². The molecule has 0 aromatic heterocycles. The van der Waals surface area contributed by atoms with Crippen LogP contribution in [0.15, 0.2) is 103 Å². The van der Waals surface area contributed by atoms with Gasteiger partial charge in [0.1, 0.15) is 35.0 Å². The van der Waals surface area contributed by atoms with Gasteiger partial charge in [0.05, 0.1) is 37.8 Å². The third kappa shape index (κ3) is 17.4. The smallest absolute Gasteiger partial charge is 0.413 e. The van der Waals surface area contributed by atoms with Crippen molar-refractivity contribution in [1.29, 1.82) is 0 Å². The van der Waals surface area contributed by atoms with E-state index >= 15 is 0 Å². The molecule has 2 saturated heterocycles. The summed E-state index contributed by atoms with van der Waals surface area (Å²) in [7, 11) is 0. The lowest BCUT2D eigenvalue weighted by atomic mass is 10.1. The van der Waals surface area contributed by atoms with Crippen LogP contribution in [-0.4, -0.2) is 112 Å². The fourth-order valence-corrected chi connectivity index (χ4v) is 11.4. The van der Waals surface area contributed by atoms with Gasteiger partial charge < -0.3 is 33.2 Å². The van der Waals surface area contributed by atoms with Gasteiger partial charge in [0.2, 0.25) is 0 Å². The van der Waals surface area contributed by atoms with Crippen LogP contribution in [0.1, 0.15) is 104 Å². The van der Waals surface area contributed by atoms with Crippen LogP contribution in [0.5, 0.6) is 0 Å². The first-order valence-corrected chi connectivity index (χ1v) is 25.0. The molecule has 2 atom stereocenters. The maximum atomic E-state index is 12.9. The topological polar surface area (TPSA) is 147 Å². The Kier molecular flexibility index (Phi) is 24.8. The van der Waals surface area contributed by atoms with Crippen LogP contribution in [0, 0.1) is 0 Å². The maximum Gasteiger partial charge on any atom is 0.413 e. The van der Waals surface area contributed by atoms with E-state index in [1.165, 1.54) is 9.80 Å². The highest BCUT2D eigenvalue weighted by molar-refractivity contribution is 7.96. The van der Waals surface area contributed by atoms with Crippen molar-refractivity contribution in [2.75, 3.05) is 31.8 Å². The van der Waals surface area contributed by atoms with E-state index in [4.69, 9.17) is 51.6 Å². The SMILES string of the molecule is C.CC(C)(C)OC(=O)N1[C@H](C=O)COC1(C)C.CCOC(=O)/C(C)=C/[C@H]1COC(C)(C)N1C(=O)OC(C)(C)C.CCOC(=O)C(C)=P(c1ccccc1)(c1ccccc1)c1ccccc1.ClCCl. The van der Waals surface area contributed by atoms with Gasteiger partial charge in [-0.25, -0.2) is 19.2 Å². The van der Waals surface area contributed by atoms with Crippen LogP contribution in [-0.2, 0) is 42.8 Å². The number of carbonyl (C=O) groups excluding carboxylic acids is 5. The van der Waals surface area contributed by atoms with E-state index in [2.05, 4.69) is 36.4 Å². The Morgan fingerprint density at radius 1 is 0.647 bits per heavy atom. The van der Waals surface area contributed by atoms with Crippen LogP contribution in [0.2, 0.25) is 0 Å². The third-order valence-electron chi connectivity index (χ3n) is 9.92.